The van der Waals surface area contributed by atoms with E-state index < -0.39 is 0 Å². The molecule has 1 amide bonds. The summed E-state index contributed by atoms with van der Waals surface area (Å²) in [6, 6.07) is 7.29. The van der Waals surface area contributed by atoms with Gasteiger partial charge in [0, 0.05) is 17.9 Å². The second-order valence-corrected chi connectivity index (χ2v) is 5.30. The lowest BCUT2D eigenvalue weighted by molar-refractivity contribution is -0.117. The minimum absolute atomic E-state index is 0.0340. The molecular formula is C15H23N3O. The molecule has 2 rings (SSSR count). The maximum Gasteiger partial charge on any atom is 0.238 e. The number of nitrogens with zero attached hydrogens (tertiary/aromatic N) is 1. The van der Waals surface area contributed by atoms with E-state index in [0.717, 1.165) is 24.7 Å². The Balaban J connectivity index is 1.81. The Morgan fingerprint density at radius 3 is 2.84 bits per heavy atom. The molecule has 0 saturated heterocycles. The van der Waals surface area contributed by atoms with Crippen molar-refractivity contribution in [3.8, 4) is 0 Å². The molecule has 0 bridgehead atoms. The number of anilines is 2. The van der Waals surface area contributed by atoms with Crippen LogP contribution < -0.4 is 11.1 Å². The molecule has 104 valence electrons. The van der Waals surface area contributed by atoms with Gasteiger partial charge in [-0.15, -0.1) is 0 Å². The number of amides is 1. The molecule has 0 unspecified atom stereocenters. The van der Waals surface area contributed by atoms with Crippen LogP contribution in [0.1, 0.15) is 26.2 Å². The second kappa shape index (κ2) is 6.57. The summed E-state index contributed by atoms with van der Waals surface area (Å²) in [6.45, 7) is 4.52. The molecule has 1 aromatic rings. The van der Waals surface area contributed by atoms with Crippen molar-refractivity contribution in [1.29, 1.82) is 0 Å². The molecule has 1 aliphatic rings. The summed E-state index contributed by atoms with van der Waals surface area (Å²) in [7, 11) is 0. The van der Waals surface area contributed by atoms with Crippen molar-refractivity contribution >= 4 is 17.3 Å². The first-order valence-corrected chi connectivity index (χ1v) is 7.05. The molecule has 0 radical (unpaired) electrons. The predicted octanol–water partition coefficient (Wildman–Crippen LogP) is 2.33. The van der Waals surface area contributed by atoms with Crippen LogP contribution in [0.2, 0.25) is 0 Å². The van der Waals surface area contributed by atoms with Crippen molar-refractivity contribution in [2.45, 2.75) is 26.2 Å². The fourth-order valence-corrected chi connectivity index (χ4v) is 2.37. The fourth-order valence-electron chi connectivity index (χ4n) is 2.37. The zero-order valence-corrected chi connectivity index (χ0v) is 11.6. The molecule has 4 heteroatoms. The summed E-state index contributed by atoms with van der Waals surface area (Å²) in [4.78, 5) is 14.2. The number of nitrogens with one attached hydrogen (secondary N) is 1. The van der Waals surface area contributed by atoms with E-state index in [1.54, 1.807) is 6.07 Å². The Kier molecular flexibility index (Phi) is 4.80. The van der Waals surface area contributed by atoms with E-state index in [0.29, 0.717) is 12.2 Å². The third kappa shape index (κ3) is 4.24. The van der Waals surface area contributed by atoms with Gasteiger partial charge in [0.05, 0.1) is 6.54 Å². The monoisotopic (exact) mass is 261 g/mol. The number of likely N-dealkylation sites (N-methyl/N-ethyl adjacent to an activating group) is 1. The van der Waals surface area contributed by atoms with Crippen LogP contribution in [0, 0.1) is 5.92 Å². The van der Waals surface area contributed by atoms with E-state index in [9.17, 15) is 4.79 Å². The lowest BCUT2D eigenvalue weighted by atomic mass is 9.85. The topological polar surface area (TPSA) is 58.4 Å². The van der Waals surface area contributed by atoms with Gasteiger partial charge in [-0.2, -0.15) is 0 Å². The molecule has 1 fully saturated rings. The lowest BCUT2D eigenvalue weighted by Gasteiger charge is -2.31. The van der Waals surface area contributed by atoms with Crippen LogP contribution >= 0.6 is 0 Å². The Morgan fingerprint density at radius 1 is 1.47 bits per heavy atom. The van der Waals surface area contributed by atoms with Crippen LogP contribution in [-0.4, -0.2) is 30.4 Å². The quantitative estimate of drug-likeness (QED) is 0.773. The van der Waals surface area contributed by atoms with Gasteiger partial charge < -0.3 is 11.1 Å². The number of benzene rings is 1. The third-order valence-electron chi connectivity index (χ3n) is 3.73. The highest BCUT2D eigenvalue weighted by Gasteiger charge is 2.21. The average Bonchev–Trinajstić information content (AvgIpc) is 2.32. The standard InChI is InChI=1S/C15H23N3O/c1-2-18(10-12-5-3-6-12)11-15(19)17-14-8-4-7-13(16)9-14/h4,7-9,12H,2-3,5-6,10-11,16H2,1H3,(H,17,19). The summed E-state index contributed by atoms with van der Waals surface area (Å²) >= 11 is 0. The van der Waals surface area contributed by atoms with E-state index in [1.807, 2.05) is 18.2 Å². The number of nitrogens with two attached hydrogens (primary N) is 1. The van der Waals surface area contributed by atoms with E-state index >= 15 is 0 Å². The molecule has 1 aliphatic carbocycles. The van der Waals surface area contributed by atoms with Crippen LogP contribution in [0.3, 0.4) is 0 Å². The van der Waals surface area contributed by atoms with Gasteiger partial charge in [-0.25, -0.2) is 0 Å². The smallest absolute Gasteiger partial charge is 0.238 e. The normalized spacial score (nSPS) is 15.3. The molecule has 0 aromatic heterocycles. The Bertz CT molecular complexity index is 429. The minimum atomic E-state index is 0.0340. The number of carbonyl (C=O) groups excluding carboxylic acids is 1. The summed E-state index contributed by atoms with van der Waals surface area (Å²) < 4.78 is 0. The van der Waals surface area contributed by atoms with Gasteiger partial charge in [-0.05, 0) is 43.5 Å². The van der Waals surface area contributed by atoms with Gasteiger partial charge >= 0.3 is 0 Å². The van der Waals surface area contributed by atoms with Gasteiger partial charge in [0.15, 0.2) is 0 Å². The molecule has 1 aromatic carbocycles. The maximum atomic E-state index is 12.0. The SMILES string of the molecule is CCN(CC(=O)Nc1cccc(N)c1)CC1CCC1. The van der Waals surface area contributed by atoms with Crippen LogP contribution in [-0.2, 0) is 4.79 Å². The van der Waals surface area contributed by atoms with E-state index in [2.05, 4.69) is 17.1 Å². The summed E-state index contributed by atoms with van der Waals surface area (Å²) in [5.74, 6) is 0.826. The molecule has 1 saturated carbocycles. The Hall–Kier alpha value is -1.55. The van der Waals surface area contributed by atoms with E-state index in [1.165, 1.54) is 19.3 Å². The number of nitrogen functional groups attached to an aromatic ring is 1. The molecule has 4 nitrogen and oxygen atoms in total. The van der Waals surface area contributed by atoms with Crippen molar-refractivity contribution in [1.82, 2.24) is 4.90 Å². The van der Waals surface area contributed by atoms with Gasteiger partial charge in [0.2, 0.25) is 5.91 Å². The fraction of sp³-hybridized carbons (Fsp3) is 0.533. The number of rotatable bonds is 6. The minimum Gasteiger partial charge on any atom is -0.399 e. The molecule has 0 aliphatic heterocycles. The molecule has 0 atom stereocenters. The van der Waals surface area contributed by atoms with Gasteiger partial charge in [0.1, 0.15) is 0 Å². The summed E-state index contributed by atoms with van der Waals surface area (Å²) in [5.41, 5.74) is 7.13. The zero-order valence-electron chi connectivity index (χ0n) is 11.6. The highest BCUT2D eigenvalue weighted by molar-refractivity contribution is 5.92. The largest absolute Gasteiger partial charge is 0.399 e. The van der Waals surface area contributed by atoms with Crippen molar-refractivity contribution in [2.75, 3.05) is 30.7 Å². The van der Waals surface area contributed by atoms with Crippen LogP contribution in [0.5, 0.6) is 0 Å². The second-order valence-electron chi connectivity index (χ2n) is 5.30. The third-order valence-corrected chi connectivity index (χ3v) is 3.73. The van der Waals surface area contributed by atoms with Crippen LogP contribution in [0.25, 0.3) is 0 Å². The number of hydrogen-bond donors (Lipinski definition) is 2. The summed E-state index contributed by atoms with van der Waals surface area (Å²) in [5, 5.41) is 2.90. The molecule has 3 N–H and O–H groups in total. The first-order valence-electron chi connectivity index (χ1n) is 7.05. The van der Waals surface area contributed by atoms with Crippen molar-refractivity contribution in [3.63, 3.8) is 0 Å². The van der Waals surface area contributed by atoms with E-state index in [4.69, 9.17) is 5.73 Å². The summed E-state index contributed by atoms with van der Waals surface area (Å²) in [6.07, 6.45) is 3.97. The maximum absolute atomic E-state index is 12.0. The van der Waals surface area contributed by atoms with Crippen LogP contribution in [0.4, 0.5) is 11.4 Å². The Morgan fingerprint density at radius 2 is 2.26 bits per heavy atom. The molecular weight excluding hydrogens is 238 g/mol. The van der Waals surface area contributed by atoms with Gasteiger partial charge in [-0.3, -0.25) is 9.69 Å². The first-order chi connectivity index (χ1) is 9.17. The van der Waals surface area contributed by atoms with Crippen molar-refractivity contribution < 1.29 is 4.79 Å². The zero-order chi connectivity index (χ0) is 13.7. The van der Waals surface area contributed by atoms with Crippen molar-refractivity contribution in [3.05, 3.63) is 24.3 Å². The molecule has 19 heavy (non-hydrogen) atoms. The Labute approximate surface area is 115 Å². The average molecular weight is 261 g/mol. The lowest BCUT2D eigenvalue weighted by Crippen LogP contribution is -2.38. The first kappa shape index (κ1) is 13.9. The highest BCUT2D eigenvalue weighted by Crippen LogP contribution is 2.26. The van der Waals surface area contributed by atoms with Crippen LogP contribution in [0.15, 0.2) is 24.3 Å². The van der Waals surface area contributed by atoms with Gasteiger partial charge in [-0.1, -0.05) is 19.4 Å². The van der Waals surface area contributed by atoms with Gasteiger partial charge in [0.25, 0.3) is 0 Å². The molecule has 0 heterocycles. The van der Waals surface area contributed by atoms with Crippen molar-refractivity contribution in [2.24, 2.45) is 5.92 Å². The number of carbonyl (C=O) groups is 1. The highest BCUT2D eigenvalue weighted by atomic mass is 16.2. The van der Waals surface area contributed by atoms with E-state index in [-0.39, 0.29) is 5.91 Å². The predicted molar refractivity (Wildman–Crippen MR) is 78.9 cm³/mol. The number of hydrogen-bond acceptors (Lipinski definition) is 3. The molecule has 0 spiro atoms.